The Morgan fingerprint density at radius 2 is 1.04 bits per heavy atom. The molecule has 0 unspecified atom stereocenters. The van der Waals surface area contributed by atoms with Gasteiger partial charge in [0.25, 0.3) is 5.91 Å². The summed E-state index contributed by atoms with van der Waals surface area (Å²) in [6.45, 7) is 0. The third kappa shape index (κ3) is 3.50. The van der Waals surface area contributed by atoms with Crippen molar-refractivity contribution in [1.29, 1.82) is 0 Å². The first kappa shape index (κ1) is 15.5. The van der Waals surface area contributed by atoms with Gasteiger partial charge in [-0.05, 0) is 36.4 Å². The van der Waals surface area contributed by atoms with Crippen LogP contribution in [0.5, 0.6) is 0 Å². The maximum Gasteiger partial charge on any atom is 0.333 e. The zero-order chi connectivity index (χ0) is 16.8. The van der Waals surface area contributed by atoms with Crippen LogP contribution in [0.25, 0.3) is 0 Å². The number of carbonyl (C=O) groups excluding carboxylic acids is 2. The number of anilines is 2. The molecule has 0 saturated carbocycles. The van der Waals surface area contributed by atoms with E-state index in [1.807, 2.05) is 66.7 Å². The first-order valence-electron chi connectivity index (χ1n) is 7.56. The lowest BCUT2D eigenvalue weighted by atomic mass is 10.2. The van der Waals surface area contributed by atoms with Crippen LogP contribution in [0.15, 0.2) is 91.0 Å². The van der Waals surface area contributed by atoms with E-state index in [0.717, 1.165) is 0 Å². The van der Waals surface area contributed by atoms with E-state index in [4.69, 9.17) is 0 Å². The summed E-state index contributed by atoms with van der Waals surface area (Å²) >= 11 is 0. The van der Waals surface area contributed by atoms with Crippen molar-refractivity contribution in [2.24, 2.45) is 0 Å². The van der Waals surface area contributed by atoms with Crippen LogP contribution in [-0.4, -0.2) is 11.9 Å². The summed E-state index contributed by atoms with van der Waals surface area (Å²) < 4.78 is 0. The first-order chi connectivity index (χ1) is 11.8. The lowest BCUT2D eigenvalue weighted by Gasteiger charge is -2.23. The van der Waals surface area contributed by atoms with Crippen LogP contribution in [0, 0.1) is 0 Å². The first-order valence-corrected chi connectivity index (χ1v) is 7.56. The van der Waals surface area contributed by atoms with Gasteiger partial charge in [0, 0.05) is 5.56 Å². The van der Waals surface area contributed by atoms with Crippen molar-refractivity contribution in [1.82, 2.24) is 5.32 Å². The highest BCUT2D eigenvalue weighted by Gasteiger charge is 2.20. The van der Waals surface area contributed by atoms with Crippen LogP contribution in [0.1, 0.15) is 10.4 Å². The fourth-order valence-electron chi connectivity index (χ4n) is 2.35. The number of nitrogens with one attached hydrogen (secondary N) is 1. The van der Waals surface area contributed by atoms with Gasteiger partial charge in [0.15, 0.2) is 0 Å². The van der Waals surface area contributed by atoms with Crippen molar-refractivity contribution in [3.63, 3.8) is 0 Å². The van der Waals surface area contributed by atoms with Gasteiger partial charge in [0.05, 0.1) is 11.4 Å². The van der Waals surface area contributed by atoms with Gasteiger partial charge in [-0.2, -0.15) is 0 Å². The van der Waals surface area contributed by atoms with E-state index in [0.29, 0.717) is 16.9 Å². The van der Waals surface area contributed by atoms with E-state index < -0.39 is 11.9 Å². The molecule has 3 aromatic carbocycles. The predicted octanol–water partition coefficient (Wildman–Crippen LogP) is 4.37. The highest BCUT2D eigenvalue weighted by Crippen LogP contribution is 2.24. The minimum atomic E-state index is -0.499. The van der Waals surface area contributed by atoms with E-state index >= 15 is 0 Å². The highest BCUT2D eigenvalue weighted by atomic mass is 16.2. The standard InChI is InChI=1S/C20H16N2O2/c23-19(16-10-4-1-5-11-16)21-20(24)22(17-12-6-2-7-13-17)18-14-8-3-9-15-18/h1-15H,(H,21,23,24). The highest BCUT2D eigenvalue weighted by molar-refractivity contribution is 6.11. The van der Waals surface area contributed by atoms with Gasteiger partial charge in [-0.15, -0.1) is 0 Å². The number of para-hydroxylation sites is 2. The van der Waals surface area contributed by atoms with Crippen molar-refractivity contribution >= 4 is 23.3 Å². The molecule has 4 nitrogen and oxygen atoms in total. The lowest BCUT2D eigenvalue weighted by molar-refractivity contribution is 0.0966. The average molecular weight is 316 g/mol. The molecule has 24 heavy (non-hydrogen) atoms. The second-order valence-corrected chi connectivity index (χ2v) is 5.13. The van der Waals surface area contributed by atoms with Crippen molar-refractivity contribution < 1.29 is 9.59 Å². The Hall–Kier alpha value is -3.40. The number of hydrogen-bond donors (Lipinski definition) is 1. The lowest BCUT2D eigenvalue weighted by Crippen LogP contribution is -2.40. The molecule has 1 N–H and O–H groups in total. The largest absolute Gasteiger partial charge is 0.333 e. The molecule has 4 heteroatoms. The van der Waals surface area contributed by atoms with Gasteiger partial charge in [-0.1, -0.05) is 54.6 Å². The van der Waals surface area contributed by atoms with Crippen molar-refractivity contribution in [2.45, 2.75) is 0 Å². The third-order valence-corrected chi connectivity index (χ3v) is 3.49. The number of nitrogens with zero attached hydrogens (tertiary/aromatic N) is 1. The molecule has 0 aliphatic carbocycles. The Morgan fingerprint density at radius 1 is 0.625 bits per heavy atom. The zero-order valence-corrected chi connectivity index (χ0v) is 12.9. The molecule has 0 aliphatic rings. The van der Waals surface area contributed by atoms with E-state index in [1.54, 1.807) is 24.3 Å². The quantitative estimate of drug-likeness (QED) is 0.780. The molecule has 0 heterocycles. The Labute approximate surface area is 140 Å². The second-order valence-electron chi connectivity index (χ2n) is 5.13. The summed E-state index contributed by atoms with van der Waals surface area (Å²) in [6, 6.07) is 26.6. The molecule has 0 aromatic heterocycles. The molecule has 0 aliphatic heterocycles. The molecule has 0 fully saturated rings. The van der Waals surface area contributed by atoms with Crippen LogP contribution >= 0.6 is 0 Å². The maximum atomic E-state index is 12.7. The van der Waals surface area contributed by atoms with Crippen molar-refractivity contribution in [3.8, 4) is 0 Å². The molecular formula is C20H16N2O2. The molecule has 118 valence electrons. The summed E-state index contributed by atoms with van der Waals surface area (Å²) in [5.74, 6) is -0.433. The van der Waals surface area contributed by atoms with E-state index in [2.05, 4.69) is 5.32 Å². The smallest absolute Gasteiger partial charge is 0.273 e. The summed E-state index contributed by atoms with van der Waals surface area (Å²) in [7, 11) is 0. The van der Waals surface area contributed by atoms with Crippen molar-refractivity contribution in [2.75, 3.05) is 4.90 Å². The number of rotatable bonds is 3. The number of hydrogen-bond acceptors (Lipinski definition) is 2. The monoisotopic (exact) mass is 316 g/mol. The molecule has 3 amide bonds. The Morgan fingerprint density at radius 3 is 1.50 bits per heavy atom. The molecule has 0 atom stereocenters. The predicted molar refractivity (Wildman–Crippen MR) is 94.3 cm³/mol. The average Bonchev–Trinajstić information content (AvgIpc) is 2.64. The van der Waals surface area contributed by atoms with E-state index in [9.17, 15) is 9.59 Å². The molecule has 3 rings (SSSR count). The number of amides is 3. The zero-order valence-electron chi connectivity index (χ0n) is 12.9. The minimum absolute atomic E-state index is 0.433. The summed E-state index contributed by atoms with van der Waals surface area (Å²) in [5, 5.41) is 2.44. The number of carbonyl (C=O) groups is 2. The fourth-order valence-corrected chi connectivity index (χ4v) is 2.35. The summed E-state index contributed by atoms with van der Waals surface area (Å²) in [4.78, 5) is 26.5. The van der Waals surface area contributed by atoms with Crippen LogP contribution < -0.4 is 10.2 Å². The Bertz CT molecular complexity index is 779. The fraction of sp³-hybridized carbons (Fsp3) is 0. The van der Waals surface area contributed by atoms with E-state index in [1.165, 1.54) is 4.90 Å². The van der Waals surface area contributed by atoms with Gasteiger partial charge < -0.3 is 0 Å². The SMILES string of the molecule is O=C(NC(=O)N(c1ccccc1)c1ccccc1)c1ccccc1. The molecule has 3 aromatic rings. The Balaban J connectivity index is 1.89. The number of imide groups is 1. The molecular weight excluding hydrogens is 300 g/mol. The molecule has 0 radical (unpaired) electrons. The van der Waals surface area contributed by atoms with Gasteiger partial charge >= 0.3 is 6.03 Å². The molecule has 0 spiro atoms. The van der Waals surface area contributed by atoms with Gasteiger partial charge in [0.1, 0.15) is 0 Å². The second kappa shape index (κ2) is 7.24. The molecule has 0 saturated heterocycles. The van der Waals surface area contributed by atoms with Crippen LogP contribution in [0.4, 0.5) is 16.2 Å². The van der Waals surface area contributed by atoms with Crippen LogP contribution in [-0.2, 0) is 0 Å². The maximum absolute atomic E-state index is 12.7. The van der Waals surface area contributed by atoms with Gasteiger partial charge in [-0.25, -0.2) is 4.79 Å². The van der Waals surface area contributed by atoms with Gasteiger partial charge in [0.2, 0.25) is 0 Å². The molecule has 0 bridgehead atoms. The van der Waals surface area contributed by atoms with Crippen molar-refractivity contribution in [3.05, 3.63) is 96.6 Å². The number of urea groups is 1. The van der Waals surface area contributed by atoms with Gasteiger partial charge in [-0.3, -0.25) is 15.0 Å². The third-order valence-electron chi connectivity index (χ3n) is 3.49. The Kier molecular flexibility index (Phi) is 4.68. The normalized spacial score (nSPS) is 10.0. The van der Waals surface area contributed by atoms with E-state index in [-0.39, 0.29) is 0 Å². The topological polar surface area (TPSA) is 49.4 Å². The summed E-state index contributed by atoms with van der Waals surface area (Å²) in [6.07, 6.45) is 0. The van der Waals surface area contributed by atoms with Crippen LogP contribution in [0.2, 0.25) is 0 Å². The minimum Gasteiger partial charge on any atom is -0.273 e. The van der Waals surface area contributed by atoms with Crippen LogP contribution in [0.3, 0.4) is 0 Å². The summed E-state index contributed by atoms with van der Waals surface area (Å²) in [5.41, 5.74) is 1.80. The number of benzene rings is 3.